The van der Waals surface area contributed by atoms with Gasteiger partial charge in [-0.05, 0) is 26.2 Å². The van der Waals surface area contributed by atoms with Crippen LogP contribution in [0.15, 0.2) is 0 Å². The van der Waals surface area contributed by atoms with Gasteiger partial charge in [-0.2, -0.15) is 0 Å². The van der Waals surface area contributed by atoms with Crippen molar-refractivity contribution >= 4 is 5.78 Å². The first-order chi connectivity index (χ1) is 6.74. The minimum Gasteiger partial charge on any atom is -0.368 e. The number of rotatable bonds is 6. The van der Waals surface area contributed by atoms with Gasteiger partial charge in [-0.15, -0.1) is 0 Å². The molecule has 0 spiro atoms. The Bertz CT molecular complexity index is 177. The Kier molecular flexibility index (Phi) is 5.16. The highest BCUT2D eigenvalue weighted by Gasteiger charge is 2.27. The molecule has 0 aromatic rings. The maximum Gasteiger partial charge on any atom is 0.161 e. The SMILES string of the molecule is CCCCCCC(=O)C1CCC(C)O1. The van der Waals surface area contributed by atoms with Gasteiger partial charge in [0.1, 0.15) is 6.10 Å². The predicted octanol–water partition coefficient (Wildman–Crippen LogP) is 3.09. The van der Waals surface area contributed by atoms with E-state index in [0.717, 1.165) is 25.7 Å². The molecule has 0 aromatic heterocycles. The van der Waals surface area contributed by atoms with Crippen molar-refractivity contribution in [3.05, 3.63) is 0 Å². The molecule has 0 aliphatic carbocycles. The van der Waals surface area contributed by atoms with Gasteiger partial charge in [0, 0.05) is 6.42 Å². The molecule has 1 rings (SSSR count). The van der Waals surface area contributed by atoms with E-state index in [2.05, 4.69) is 6.92 Å². The lowest BCUT2D eigenvalue weighted by molar-refractivity contribution is -0.129. The molecule has 2 nitrogen and oxygen atoms in total. The Morgan fingerprint density at radius 3 is 2.64 bits per heavy atom. The summed E-state index contributed by atoms with van der Waals surface area (Å²) in [5.41, 5.74) is 0. The van der Waals surface area contributed by atoms with Crippen molar-refractivity contribution in [1.29, 1.82) is 0 Å². The van der Waals surface area contributed by atoms with E-state index in [1.807, 2.05) is 6.92 Å². The zero-order chi connectivity index (χ0) is 10.4. The second-order valence-corrected chi connectivity index (χ2v) is 4.29. The van der Waals surface area contributed by atoms with Crippen LogP contribution < -0.4 is 0 Å². The van der Waals surface area contributed by atoms with Gasteiger partial charge < -0.3 is 4.74 Å². The van der Waals surface area contributed by atoms with Gasteiger partial charge in [0.15, 0.2) is 5.78 Å². The summed E-state index contributed by atoms with van der Waals surface area (Å²) in [4.78, 5) is 11.6. The summed E-state index contributed by atoms with van der Waals surface area (Å²) < 4.78 is 5.53. The average molecular weight is 198 g/mol. The van der Waals surface area contributed by atoms with Crippen LogP contribution in [0.25, 0.3) is 0 Å². The Morgan fingerprint density at radius 1 is 1.29 bits per heavy atom. The molecule has 0 bridgehead atoms. The molecule has 14 heavy (non-hydrogen) atoms. The van der Waals surface area contributed by atoms with Gasteiger partial charge in [0.2, 0.25) is 0 Å². The van der Waals surface area contributed by atoms with E-state index in [4.69, 9.17) is 4.74 Å². The molecular weight excluding hydrogens is 176 g/mol. The maximum atomic E-state index is 11.6. The van der Waals surface area contributed by atoms with Gasteiger partial charge in [-0.1, -0.05) is 26.2 Å². The van der Waals surface area contributed by atoms with Crippen LogP contribution in [0, 0.1) is 0 Å². The van der Waals surface area contributed by atoms with Gasteiger partial charge in [-0.3, -0.25) is 4.79 Å². The highest BCUT2D eigenvalue weighted by molar-refractivity contribution is 5.83. The number of carbonyl (C=O) groups excluding carboxylic acids is 1. The third kappa shape index (κ3) is 3.79. The highest BCUT2D eigenvalue weighted by atomic mass is 16.5. The number of carbonyl (C=O) groups is 1. The molecule has 82 valence electrons. The molecule has 1 fully saturated rings. The van der Waals surface area contributed by atoms with E-state index in [0.29, 0.717) is 11.9 Å². The van der Waals surface area contributed by atoms with Gasteiger partial charge in [-0.25, -0.2) is 0 Å². The first-order valence-electron chi connectivity index (χ1n) is 5.92. The molecule has 2 heteroatoms. The number of Topliss-reactive ketones (excluding diaryl/α,β-unsaturated/α-hetero) is 1. The van der Waals surface area contributed by atoms with Crippen molar-refractivity contribution in [3.63, 3.8) is 0 Å². The summed E-state index contributed by atoms with van der Waals surface area (Å²) in [6.45, 7) is 4.23. The zero-order valence-electron chi connectivity index (χ0n) is 9.42. The molecule has 1 saturated heterocycles. The lowest BCUT2D eigenvalue weighted by atomic mass is 10.0. The first kappa shape index (κ1) is 11.7. The number of hydrogen-bond acceptors (Lipinski definition) is 2. The van der Waals surface area contributed by atoms with Crippen LogP contribution in [0.1, 0.15) is 58.8 Å². The number of hydrogen-bond donors (Lipinski definition) is 0. The van der Waals surface area contributed by atoms with E-state index < -0.39 is 0 Å². The number of ether oxygens (including phenoxy) is 1. The normalized spacial score (nSPS) is 26.7. The standard InChI is InChI=1S/C12H22O2/c1-3-4-5-6-7-11(13)12-9-8-10(2)14-12/h10,12H,3-9H2,1-2H3. The van der Waals surface area contributed by atoms with Crippen molar-refractivity contribution in [1.82, 2.24) is 0 Å². The lowest BCUT2D eigenvalue weighted by Gasteiger charge is -2.09. The Morgan fingerprint density at radius 2 is 2.07 bits per heavy atom. The third-order valence-electron chi connectivity index (χ3n) is 2.87. The summed E-state index contributed by atoms with van der Waals surface area (Å²) in [7, 11) is 0. The fourth-order valence-corrected chi connectivity index (χ4v) is 1.93. The third-order valence-corrected chi connectivity index (χ3v) is 2.87. The van der Waals surface area contributed by atoms with Crippen LogP contribution in [0.3, 0.4) is 0 Å². The van der Waals surface area contributed by atoms with E-state index in [1.54, 1.807) is 0 Å². The second kappa shape index (κ2) is 6.18. The monoisotopic (exact) mass is 198 g/mol. The summed E-state index contributed by atoms with van der Waals surface area (Å²) in [6, 6.07) is 0. The van der Waals surface area contributed by atoms with Gasteiger partial charge in [0.05, 0.1) is 6.10 Å². The summed E-state index contributed by atoms with van der Waals surface area (Å²) in [5.74, 6) is 0.324. The molecule has 0 aromatic carbocycles. The van der Waals surface area contributed by atoms with Crippen molar-refractivity contribution in [2.75, 3.05) is 0 Å². The molecule has 2 unspecified atom stereocenters. The number of ketones is 1. The van der Waals surface area contributed by atoms with Crippen LogP contribution in [0.2, 0.25) is 0 Å². The maximum absolute atomic E-state index is 11.6. The highest BCUT2D eigenvalue weighted by Crippen LogP contribution is 2.21. The van der Waals surface area contributed by atoms with Crippen LogP contribution in [-0.2, 0) is 9.53 Å². The molecule has 0 radical (unpaired) electrons. The number of unbranched alkanes of at least 4 members (excludes halogenated alkanes) is 3. The minimum atomic E-state index is -0.0772. The molecule has 1 aliphatic heterocycles. The molecule has 1 aliphatic rings. The smallest absolute Gasteiger partial charge is 0.161 e. The largest absolute Gasteiger partial charge is 0.368 e. The van der Waals surface area contributed by atoms with E-state index in [9.17, 15) is 4.79 Å². The van der Waals surface area contributed by atoms with Crippen LogP contribution in [-0.4, -0.2) is 18.0 Å². The summed E-state index contributed by atoms with van der Waals surface area (Å²) in [6.07, 6.45) is 7.62. The molecular formula is C12H22O2. The van der Waals surface area contributed by atoms with Crippen LogP contribution in [0.5, 0.6) is 0 Å². The summed E-state index contributed by atoms with van der Waals surface area (Å²) >= 11 is 0. The second-order valence-electron chi connectivity index (χ2n) is 4.29. The Hall–Kier alpha value is -0.370. The summed E-state index contributed by atoms with van der Waals surface area (Å²) in [5, 5.41) is 0. The first-order valence-corrected chi connectivity index (χ1v) is 5.92. The Balaban J connectivity index is 2.09. The Labute approximate surface area is 87.0 Å². The molecule has 0 N–H and O–H groups in total. The van der Waals surface area contributed by atoms with Crippen LogP contribution >= 0.6 is 0 Å². The van der Waals surface area contributed by atoms with Crippen molar-refractivity contribution in [2.45, 2.75) is 71.0 Å². The van der Waals surface area contributed by atoms with Crippen molar-refractivity contribution in [2.24, 2.45) is 0 Å². The molecule has 0 saturated carbocycles. The topological polar surface area (TPSA) is 26.3 Å². The average Bonchev–Trinajstić information content (AvgIpc) is 2.59. The molecule has 1 heterocycles. The lowest BCUT2D eigenvalue weighted by Crippen LogP contribution is -2.20. The predicted molar refractivity (Wildman–Crippen MR) is 57.3 cm³/mol. The molecule has 0 amide bonds. The minimum absolute atomic E-state index is 0.0772. The van der Waals surface area contributed by atoms with Crippen LogP contribution in [0.4, 0.5) is 0 Å². The van der Waals surface area contributed by atoms with Gasteiger partial charge in [0.25, 0.3) is 0 Å². The van der Waals surface area contributed by atoms with Gasteiger partial charge >= 0.3 is 0 Å². The fraction of sp³-hybridized carbons (Fsp3) is 0.917. The van der Waals surface area contributed by atoms with E-state index >= 15 is 0 Å². The fourth-order valence-electron chi connectivity index (χ4n) is 1.93. The van der Waals surface area contributed by atoms with E-state index in [-0.39, 0.29) is 6.10 Å². The molecule has 2 atom stereocenters. The van der Waals surface area contributed by atoms with Crippen molar-refractivity contribution in [3.8, 4) is 0 Å². The van der Waals surface area contributed by atoms with E-state index in [1.165, 1.54) is 19.3 Å². The van der Waals surface area contributed by atoms with Crippen molar-refractivity contribution < 1.29 is 9.53 Å². The zero-order valence-corrected chi connectivity index (χ0v) is 9.42. The quantitative estimate of drug-likeness (QED) is 0.613.